The van der Waals surface area contributed by atoms with Crippen LogP contribution >= 0.6 is 27.5 Å². The summed E-state index contributed by atoms with van der Waals surface area (Å²) in [5, 5.41) is 0.950. The van der Waals surface area contributed by atoms with Gasteiger partial charge in [0.05, 0.1) is 0 Å². The van der Waals surface area contributed by atoms with Crippen molar-refractivity contribution < 1.29 is 8.78 Å². The largest absolute Gasteiger partial charge is 0.204 e. The molecule has 0 aliphatic rings. The highest BCUT2D eigenvalue weighted by Gasteiger charge is 2.07. The molecule has 0 unspecified atom stereocenters. The third-order valence-corrected chi connectivity index (χ3v) is 2.20. The third kappa shape index (κ3) is 2.17. The van der Waals surface area contributed by atoms with Crippen molar-refractivity contribution in [2.24, 2.45) is 0 Å². The lowest BCUT2D eigenvalue weighted by molar-refractivity contribution is 0.507. The van der Waals surface area contributed by atoms with Gasteiger partial charge < -0.3 is 0 Å². The van der Waals surface area contributed by atoms with Crippen LogP contribution in [0.5, 0.6) is 0 Å². The van der Waals surface area contributed by atoms with Crippen molar-refractivity contribution in [1.82, 2.24) is 0 Å². The van der Waals surface area contributed by atoms with E-state index in [-0.39, 0.29) is 5.02 Å². The molecule has 1 aromatic carbocycles. The first kappa shape index (κ1) is 9.93. The molecule has 0 heterocycles. The molecule has 0 bridgehead atoms. The fourth-order valence-electron chi connectivity index (χ4n) is 0.857. The minimum Gasteiger partial charge on any atom is -0.204 e. The predicted molar refractivity (Wildman–Crippen MR) is 48.9 cm³/mol. The molecule has 0 N–H and O–H groups in total. The van der Waals surface area contributed by atoms with Crippen molar-refractivity contribution in [3.63, 3.8) is 0 Å². The van der Waals surface area contributed by atoms with Crippen LogP contribution in [0.25, 0.3) is 0 Å². The first-order chi connectivity index (χ1) is 5.65. The number of aryl methyl sites for hydroxylation is 1. The number of hydrogen-bond acceptors (Lipinski definition) is 0. The molecule has 0 saturated carbocycles. The van der Waals surface area contributed by atoms with Crippen molar-refractivity contribution >= 4 is 27.5 Å². The Balaban J connectivity index is 3.05. The molecule has 0 amide bonds. The summed E-state index contributed by atoms with van der Waals surface area (Å²) in [7, 11) is 0. The van der Waals surface area contributed by atoms with Gasteiger partial charge in [0.25, 0.3) is 0 Å². The van der Waals surface area contributed by atoms with E-state index in [9.17, 15) is 8.78 Å². The van der Waals surface area contributed by atoms with E-state index in [4.69, 9.17) is 11.6 Å². The Kier molecular flexibility index (Phi) is 3.47. The summed E-state index contributed by atoms with van der Waals surface area (Å²) in [6.45, 7) is 0. The van der Waals surface area contributed by atoms with Gasteiger partial charge in [-0.15, -0.1) is 0 Å². The first-order valence-corrected chi connectivity index (χ1v) is 4.84. The Morgan fingerprint density at radius 2 is 1.83 bits per heavy atom. The van der Waals surface area contributed by atoms with E-state index in [1.165, 1.54) is 0 Å². The molecule has 0 fully saturated rings. The van der Waals surface area contributed by atoms with Crippen LogP contribution in [-0.2, 0) is 6.42 Å². The molecule has 0 nitrogen and oxygen atoms in total. The van der Waals surface area contributed by atoms with Gasteiger partial charge in [0.2, 0.25) is 0 Å². The van der Waals surface area contributed by atoms with Gasteiger partial charge in [-0.3, -0.25) is 0 Å². The smallest absolute Gasteiger partial charge is 0.160 e. The molecular weight excluding hydrogens is 249 g/mol. The maximum absolute atomic E-state index is 12.6. The van der Waals surface area contributed by atoms with Gasteiger partial charge in [-0.2, -0.15) is 0 Å². The lowest BCUT2D eigenvalue weighted by atomic mass is 10.1. The molecule has 0 spiro atoms. The number of rotatable bonds is 2. The Bertz CT molecular complexity index is 289. The van der Waals surface area contributed by atoms with Crippen LogP contribution in [0.1, 0.15) is 5.56 Å². The highest BCUT2D eigenvalue weighted by atomic mass is 79.9. The molecule has 12 heavy (non-hydrogen) atoms. The number of hydrogen-bond donors (Lipinski definition) is 0. The SMILES string of the molecule is Fc1cc(Cl)c(CCBr)cc1F. The third-order valence-electron chi connectivity index (χ3n) is 1.45. The van der Waals surface area contributed by atoms with Crippen LogP contribution in [0, 0.1) is 11.6 Å². The zero-order chi connectivity index (χ0) is 9.14. The summed E-state index contributed by atoms with van der Waals surface area (Å²) in [4.78, 5) is 0. The van der Waals surface area contributed by atoms with Crippen LogP contribution in [0.15, 0.2) is 12.1 Å². The summed E-state index contributed by atoms with van der Waals surface area (Å²) in [6.07, 6.45) is 0.593. The Morgan fingerprint density at radius 1 is 1.25 bits per heavy atom. The van der Waals surface area contributed by atoms with Crippen molar-refractivity contribution in [3.05, 3.63) is 34.4 Å². The second kappa shape index (κ2) is 4.19. The number of alkyl halides is 1. The highest BCUT2D eigenvalue weighted by molar-refractivity contribution is 9.09. The first-order valence-electron chi connectivity index (χ1n) is 3.34. The monoisotopic (exact) mass is 254 g/mol. The lowest BCUT2D eigenvalue weighted by Crippen LogP contribution is -1.92. The van der Waals surface area contributed by atoms with Crippen molar-refractivity contribution in [1.29, 1.82) is 0 Å². The van der Waals surface area contributed by atoms with Crippen molar-refractivity contribution in [3.8, 4) is 0 Å². The normalized spacial score (nSPS) is 10.3. The average Bonchev–Trinajstić information content (AvgIpc) is 2.01. The number of halogens is 4. The van der Waals surface area contributed by atoms with E-state index in [1.807, 2.05) is 0 Å². The van der Waals surface area contributed by atoms with E-state index in [0.717, 1.165) is 12.1 Å². The van der Waals surface area contributed by atoms with Gasteiger partial charge in [-0.25, -0.2) is 8.78 Å². The zero-order valence-electron chi connectivity index (χ0n) is 6.08. The van der Waals surface area contributed by atoms with Crippen LogP contribution in [0.3, 0.4) is 0 Å². The highest BCUT2D eigenvalue weighted by Crippen LogP contribution is 2.20. The molecule has 0 aromatic heterocycles. The van der Waals surface area contributed by atoms with Gasteiger partial charge in [0, 0.05) is 10.4 Å². The second-order valence-corrected chi connectivity index (χ2v) is 3.50. The maximum atomic E-state index is 12.6. The van der Waals surface area contributed by atoms with Gasteiger partial charge in [0.1, 0.15) is 0 Å². The molecule has 0 radical (unpaired) electrons. The van der Waals surface area contributed by atoms with Crippen molar-refractivity contribution in [2.75, 3.05) is 5.33 Å². The van der Waals surface area contributed by atoms with E-state index in [1.54, 1.807) is 0 Å². The minimum absolute atomic E-state index is 0.272. The summed E-state index contributed by atoms with van der Waals surface area (Å²) in [5.41, 5.74) is 0.618. The Labute approximate surface area is 82.7 Å². The molecule has 1 rings (SSSR count). The molecule has 0 saturated heterocycles. The molecule has 1 aromatic rings. The van der Waals surface area contributed by atoms with Crippen LogP contribution in [-0.4, -0.2) is 5.33 Å². The molecule has 0 atom stereocenters. The van der Waals surface area contributed by atoms with E-state index >= 15 is 0 Å². The van der Waals surface area contributed by atoms with Gasteiger partial charge in [-0.1, -0.05) is 27.5 Å². The standard InChI is InChI=1S/C8H6BrClF2/c9-2-1-5-3-7(11)8(12)4-6(5)10/h3-4H,1-2H2. The summed E-state index contributed by atoms with van der Waals surface area (Å²) >= 11 is 8.84. The van der Waals surface area contributed by atoms with Crippen LogP contribution < -0.4 is 0 Å². The minimum atomic E-state index is -0.904. The Hall–Kier alpha value is -0.150. The van der Waals surface area contributed by atoms with Crippen molar-refractivity contribution in [2.45, 2.75) is 6.42 Å². The molecule has 66 valence electrons. The lowest BCUT2D eigenvalue weighted by Gasteiger charge is -2.02. The second-order valence-electron chi connectivity index (χ2n) is 2.30. The predicted octanol–water partition coefficient (Wildman–Crippen LogP) is 3.56. The van der Waals surface area contributed by atoms with Gasteiger partial charge in [-0.05, 0) is 24.1 Å². The maximum Gasteiger partial charge on any atom is 0.160 e. The topological polar surface area (TPSA) is 0 Å². The molecule has 4 heteroatoms. The molecular formula is C8H6BrClF2. The summed E-state index contributed by atoms with van der Waals surface area (Å²) < 4.78 is 25.2. The fourth-order valence-corrected chi connectivity index (χ4v) is 1.53. The van der Waals surface area contributed by atoms with Crippen LogP contribution in [0.4, 0.5) is 8.78 Å². The summed E-state index contributed by atoms with van der Waals surface area (Å²) in [6, 6.07) is 2.12. The Morgan fingerprint density at radius 3 is 2.42 bits per heavy atom. The number of benzene rings is 1. The van der Waals surface area contributed by atoms with Gasteiger partial charge >= 0.3 is 0 Å². The van der Waals surface area contributed by atoms with E-state index in [0.29, 0.717) is 17.3 Å². The quantitative estimate of drug-likeness (QED) is 0.560. The fraction of sp³-hybridized carbons (Fsp3) is 0.250. The molecule has 0 aliphatic heterocycles. The van der Waals surface area contributed by atoms with E-state index < -0.39 is 11.6 Å². The van der Waals surface area contributed by atoms with E-state index in [2.05, 4.69) is 15.9 Å². The zero-order valence-corrected chi connectivity index (χ0v) is 8.42. The average molecular weight is 255 g/mol. The summed E-state index contributed by atoms with van der Waals surface area (Å²) in [5.74, 6) is -1.76. The van der Waals surface area contributed by atoms with Crippen LogP contribution in [0.2, 0.25) is 5.02 Å². The van der Waals surface area contributed by atoms with Gasteiger partial charge in [0.15, 0.2) is 11.6 Å². The molecule has 0 aliphatic carbocycles.